The third kappa shape index (κ3) is 2.48. The van der Waals surface area contributed by atoms with E-state index in [0.29, 0.717) is 23.9 Å². The number of fused-ring (bicyclic) bond motifs is 1. The number of nitrogens with one attached hydrogen (secondary N) is 1. The number of hydrogen-bond donors (Lipinski definition) is 1. The van der Waals surface area contributed by atoms with Crippen LogP contribution in [0.5, 0.6) is 0 Å². The van der Waals surface area contributed by atoms with Crippen LogP contribution in [0.2, 0.25) is 0 Å². The largest absolute Gasteiger partial charge is 0.370 e. The predicted molar refractivity (Wildman–Crippen MR) is 95.9 cm³/mol. The lowest BCUT2D eigenvalue weighted by Crippen LogP contribution is -2.62. The van der Waals surface area contributed by atoms with Crippen LogP contribution in [-0.2, 0) is 20.9 Å². The molecule has 7 nitrogen and oxygen atoms in total. The third-order valence-electron chi connectivity index (χ3n) is 6.51. The first-order valence-corrected chi connectivity index (χ1v) is 9.46. The maximum Gasteiger partial charge on any atom is 0.255 e. The Hall–Kier alpha value is -2.70. The molecule has 1 aromatic rings. The summed E-state index contributed by atoms with van der Waals surface area (Å²) < 4.78 is 0. The van der Waals surface area contributed by atoms with E-state index in [9.17, 15) is 19.2 Å². The smallest absolute Gasteiger partial charge is 0.255 e. The average molecular weight is 367 g/mol. The molecule has 4 aliphatic rings. The van der Waals surface area contributed by atoms with Crippen molar-refractivity contribution in [2.75, 3.05) is 18.0 Å². The molecule has 0 unspecified atom stereocenters. The van der Waals surface area contributed by atoms with E-state index in [1.54, 1.807) is 4.90 Å². The van der Waals surface area contributed by atoms with Crippen LogP contribution in [0.1, 0.15) is 41.6 Å². The fourth-order valence-electron chi connectivity index (χ4n) is 5.11. The second-order valence-electron chi connectivity index (χ2n) is 8.40. The summed E-state index contributed by atoms with van der Waals surface area (Å²) in [7, 11) is 0. The van der Waals surface area contributed by atoms with Gasteiger partial charge < -0.3 is 14.6 Å². The van der Waals surface area contributed by atoms with E-state index in [0.717, 1.165) is 43.5 Å². The summed E-state index contributed by atoms with van der Waals surface area (Å²) in [6.45, 7) is 2.32. The van der Waals surface area contributed by atoms with Gasteiger partial charge in [0, 0.05) is 48.6 Å². The van der Waals surface area contributed by atoms with Gasteiger partial charge in [-0.2, -0.15) is 0 Å². The number of anilines is 1. The number of amides is 3. The summed E-state index contributed by atoms with van der Waals surface area (Å²) in [5.74, 6) is -0.569. The molecule has 0 bridgehead atoms. The molecule has 7 heteroatoms. The van der Waals surface area contributed by atoms with E-state index in [1.807, 2.05) is 18.2 Å². The van der Waals surface area contributed by atoms with Gasteiger partial charge in [0.05, 0.1) is 0 Å². The van der Waals surface area contributed by atoms with Crippen LogP contribution in [0, 0.1) is 11.3 Å². The first-order chi connectivity index (χ1) is 13.0. The van der Waals surface area contributed by atoms with Crippen molar-refractivity contribution in [2.45, 2.75) is 38.3 Å². The zero-order valence-electron chi connectivity index (χ0n) is 14.9. The molecular weight excluding hydrogens is 346 g/mol. The average Bonchev–Trinajstić information content (AvgIpc) is 2.89. The van der Waals surface area contributed by atoms with E-state index >= 15 is 0 Å². The highest BCUT2D eigenvalue weighted by Crippen LogP contribution is 2.52. The second kappa shape index (κ2) is 5.65. The van der Waals surface area contributed by atoms with E-state index in [2.05, 4.69) is 10.2 Å². The monoisotopic (exact) mass is 367 g/mol. The number of hydrogen-bond acceptors (Lipinski definition) is 5. The second-order valence-corrected chi connectivity index (χ2v) is 8.40. The van der Waals surface area contributed by atoms with Crippen molar-refractivity contribution in [3.63, 3.8) is 0 Å². The van der Waals surface area contributed by atoms with Crippen LogP contribution < -0.4 is 10.2 Å². The van der Waals surface area contributed by atoms with Crippen molar-refractivity contribution in [2.24, 2.45) is 11.3 Å². The molecule has 1 spiro atoms. The topological polar surface area (TPSA) is 86.8 Å². The number of carbonyl (C=O) groups is 4. The van der Waals surface area contributed by atoms with Gasteiger partial charge in [-0.3, -0.25) is 19.7 Å². The quantitative estimate of drug-likeness (QED) is 0.633. The van der Waals surface area contributed by atoms with E-state index in [4.69, 9.17) is 0 Å². The Balaban J connectivity index is 1.29. The fraction of sp³-hybridized carbons (Fsp3) is 0.500. The molecular formula is C20H21N3O4. The minimum Gasteiger partial charge on any atom is -0.370 e. The highest BCUT2D eigenvalue weighted by molar-refractivity contribution is 6.05. The molecule has 140 valence electrons. The number of carbonyl (C=O) groups excluding carboxylic acids is 4. The van der Waals surface area contributed by atoms with Gasteiger partial charge in [0.25, 0.3) is 5.91 Å². The van der Waals surface area contributed by atoms with Crippen molar-refractivity contribution < 1.29 is 19.2 Å². The molecule has 1 aromatic carbocycles. The van der Waals surface area contributed by atoms with Crippen molar-refractivity contribution in [1.82, 2.24) is 10.2 Å². The fourth-order valence-corrected chi connectivity index (χ4v) is 5.11. The highest BCUT2D eigenvalue weighted by atomic mass is 16.2. The zero-order chi connectivity index (χ0) is 18.8. The van der Waals surface area contributed by atoms with Crippen molar-refractivity contribution in [1.29, 1.82) is 0 Å². The van der Waals surface area contributed by atoms with Gasteiger partial charge >= 0.3 is 0 Å². The number of rotatable bonds is 3. The van der Waals surface area contributed by atoms with Crippen molar-refractivity contribution >= 4 is 29.7 Å². The summed E-state index contributed by atoms with van der Waals surface area (Å²) in [5.41, 5.74) is 2.97. The molecule has 3 aliphatic heterocycles. The summed E-state index contributed by atoms with van der Waals surface area (Å²) in [6.07, 6.45) is 3.68. The summed E-state index contributed by atoms with van der Waals surface area (Å²) in [6, 6.07) is 5.28. The number of nitrogens with zero attached hydrogens (tertiary/aromatic N) is 2. The zero-order valence-corrected chi connectivity index (χ0v) is 14.9. The van der Waals surface area contributed by atoms with Gasteiger partial charge in [-0.15, -0.1) is 0 Å². The van der Waals surface area contributed by atoms with Crippen molar-refractivity contribution in [3.05, 3.63) is 29.3 Å². The molecule has 5 rings (SSSR count). The Labute approximate surface area is 156 Å². The summed E-state index contributed by atoms with van der Waals surface area (Å²) in [4.78, 5) is 50.9. The number of benzene rings is 1. The van der Waals surface area contributed by atoms with Gasteiger partial charge in [-0.1, -0.05) is 0 Å². The molecule has 1 atom stereocenters. The summed E-state index contributed by atoms with van der Waals surface area (Å²) in [5, 5.41) is 2.33. The van der Waals surface area contributed by atoms with Gasteiger partial charge in [-0.25, -0.2) is 0 Å². The molecule has 27 heavy (non-hydrogen) atoms. The summed E-state index contributed by atoms with van der Waals surface area (Å²) >= 11 is 0. The van der Waals surface area contributed by atoms with Crippen LogP contribution in [0.15, 0.2) is 18.2 Å². The number of aldehydes is 1. The number of piperidine rings is 1. The highest BCUT2D eigenvalue weighted by Gasteiger charge is 2.52. The number of imide groups is 1. The first kappa shape index (κ1) is 16.5. The minimum absolute atomic E-state index is 0.140. The first-order valence-electron chi connectivity index (χ1n) is 9.46. The lowest BCUT2D eigenvalue weighted by Gasteiger charge is -2.59. The Morgan fingerprint density at radius 2 is 1.93 bits per heavy atom. The molecule has 3 amide bonds. The maximum atomic E-state index is 12.7. The van der Waals surface area contributed by atoms with Gasteiger partial charge in [0.2, 0.25) is 11.8 Å². The van der Waals surface area contributed by atoms with Crippen LogP contribution >= 0.6 is 0 Å². The molecule has 3 fully saturated rings. The lowest BCUT2D eigenvalue weighted by molar-refractivity contribution is -0.136. The van der Waals surface area contributed by atoms with Crippen molar-refractivity contribution in [3.8, 4) is 0 Å². The molecule has 0 radical (unpaired) electrons. The Morgan fingerprint density at radius 1 is 1.15 bits per heavy atom. The lowest BCUT2D eigenvalue weighted by atomic mass is 9.58. The SMILES string of the molecule is O=CC1CC2(C1)CN(c1ccc3c(c1)CN([C@H]1CCC(=O)NC1=O)C3=O)C2. The molecule has 1 saturated carbocycles. The molecule has 1 aliphatic carbocycles. The molecule has 2 saturated heterocycles. The third-order valence-corrected chi connectivity index (χ3v) is 6.51. The Bertz CT molecular complexity index is 866. The van der Waals surface area contributed by atoms with Crippen LogP contribution in [0.3, 0.4) is 0 Å². The van der Waals surface area contributed by atoms with Crippen LogP contribution in [0.25, 0.3) is 0 Å². The predicted octanol–water partition coefficient (Wildman–Crippen LogP) is 0.863. The normalized spacial score (nSPS) is 26.5. The van der Waals surface area contributed by atoms with Crippen LogP contribution in [-0.4, -0.2) is 48.0 Å². The minimum atomic E-state index is -0.575. The van der Waals surface area contributed by atoms with E-state index in [1.165, 1.54) is 0 Å². The van der Waals surface area contributed by atoms with E-state index < -0.39 is 6.04 Å². The van der Waals surface area contributed by atoms with Gasteiger partial charge in [-0.05, 0) is 43.0 Å². The standard InChI is InChI=1S/C20H21N3O4/c24-9-12-6-20(7-12)10-22(11-20)14-1-2-15-13(5-14)8-23(19(15)27)16-3-4-17(25)21-18(16)26/h1-2,5,9,12,16H,3-4,6-8,10-11H2,(H,21,25,26)/t16-/m0/s1. The van der Waals surface area contributed by atoms with Gasteiger partial charge in [0.15, 0.2) is 0 Å². The molecule has 0 aromatic heterocycles. The molecule has 3 heterocycles. The van der Waals surface area contributed by atoms with E-state index in [-0.39, 0.29) is 30.1 Å². The Kier molecular flexibility index (Phi) is 3.44. The maximum absolute atomic E-state index is 12.7. The van der Waals surface area contributed by atoms with Crippen LogP contribution in [0.4, 0.5) is 5.69 Å². The Morgan fingerprint density at radius 3 is 2.63 bits per heavy atom. The van der Waals surface area contributed by atoms with Gasteiger partial charge in [0.1, 0.15) is 12.3 Å². The molecule has 1 N–H and O–H groups in total.